The van der Waals surface area contributed by atoms with Gasteiger partial charge in [0.15, 0.2) is 0 Å². The van der Waals surface area contributed by atoms with E-state index in [2.05, 4.69) is 29.2 Å². The van der Waals surface area contributed by atoms with E-state index >= 15 is 0 Å². The van der Waals surface area contributed by atoms with Crippen molar-refractivity contribution in [3.8, 4) is 5.69 Å². The van der Waals surface area contributed by atoms with Crippen LogP contribution in [0.25, 0.3) is 5.69 Å². The Hall–Kier alpha value is -2.92. The van der Waals surface area contributed by atoms with E-state index in [1.165, 1.54) is 0 Å². The molecule has 0 aliphatic carbocycles. The molecule has 5 heteroatoms. The Labute approximate surface area is 154 Å². The van der Waals surface area contributed by atoms with E-state index < -0.39 is 0 Å². The van der Waals surface area contributed by atoms with Crippen LogP contribution in [0, 0.1) is 0 Å². The lowest BCUT2D eigenvalue weighted by Gasteiger charge is -2.29. The van der Waals surface area contributed by atoms with Crippen molar-refractivity contribution in [1.29, 1.82) is 0 Å². The summed E-state index contributed by atoms with van der Waals surface area (Å²) in [6.45, 7) is 5.75. The number of hydrogen-bond donors (Lipinski definition) is 1. The van der Waals surface area contributed by atoms with Gasteiger partial charge in [-0.15, -0.1) is 0 Å². The maximum absolute atomic E-state index is 13.1. The van der Waals surface area contributed by atoms with Gasteiger partial charge in [-0.1, -0.05) is 50.2 Å². The molecule has 1 heterocycles. The highest BCUT2D eigenvalue weighted by Crippen LogP contribution is 2.23. The van der Waals surface area contributed by atoms with Crippen LogP contribution >= 0.6 is 0 Å². The lowest BCUT2D eigenvalue weighted by atomic mass is 10.0. The lowest BCUT2D eigenvalue weighted by Crippen LogP contribution is -2.37. The van der Waals surface area contributed by atoms with Gasteiger partial charge < -0.3 is 5.32 Å². The van der Waals surface area contributed by atoms with E-state index in [4.69, 9.17) is 0 Å². The molecule has 3 rings (SSSR count). The molecule has 1 N–H and O–H groups in total. The predicted molar refractivity (Wildman–Crippen MR) is 104 cm³/mol. The van der Waals surface area contributed by atoms with E-state index in [0.717, 1.165) is 30.0 Å². The molecule has 1 atom stereocenters. The molecule has 0 aliphatic rings. The van der Waals surface area contributed by atoms with Gasteiger partial charge >= 0.3 is 0 Å². The van der Waals surface area contributed by atoms with Gasteiger partial charge in [-0.05, 0) is 42.9 Å². The first-order chi connectivity index (χ1) is 12.7. The smallest absolute Gasteiger partial charge is 0.246 e. The molecule has 1 aromatic heterocycles. The zero-order chi connectivity index (χ0) is 18.4. The van der Waals surface area contributed by atoms with E-state index in [1.54, 1.807) is 10.9 Å². The number of amides is 1. The fourth-order valence-electron chi connectivity index (χ4n) is 3.11. The van der Waals surface area contributed by atoms with Crippen molar-refractivity contribution in [3.63, 3.8) is 0 Å². The first-order valence-electron chi connectivity index (χ1n) is 8.93. The molecule has 0 spiro atoms. The molecule has 2 aromatic carbocycles. The molecule has 0 saturated heterocycles. The quantitative estimate of drug-likeness (QED) is 0.705. The molecule has 0 saturated carbocycles. The first-order valence-corrected chi connectivity index (χ1v) is 8.93. The second kappa shape index (κ2) is 8.45. The van der Waals surface area contributed by atoms with Crippen molar-refractivity contribution in [2.45, 2.75) is 19.9 Å². The standard InChI is InChI=1S/C21H24N4O/c1-3-24(4-2)20(17-10-6-5-7-11-17)21(26)23-18-12-8-13-19(16-18)25-15-9-14-22-25/h5-16,20H,3-4H2,1-2H3,(H,23,26). The molecule has 0 fully saturated rings. The third kappa shape index (κ3) is 4.00. The van der Waals surface area contributed by atoms with Crippen LogP contribution in [0.15, 0.2) is 73.1 Å². The highest BCUT2D eigenvalue weighted by Gasteiger charge is 2.25. The van der Waals surface area contributed by atoms with E-state index in [9.17, 15) is 4.79 Å². The number of anilines is 1. The highest BCUT2D eigenvalue weighted by molar-refractivity contribution is 5.95. The van der Waals surface area contributed by atoms with Crippen molar-refractivity contribution in [1.82, 2.24) is 14.7 Å². The van der Waals surface area contributed by atoms with Gasteiger partial charge in [-0.2, -0.15) is 5.10 Å². The number of hydrogen-bond acceptors (Lipinski definition) is 3. The van der Waals surface area contributed by atoms with Gasteiger partial charge in [0.25, 0.3) is 0 Å². The molecular weight excluding hydrogens is 324 g/mol. The Kier molecular flexibility index (Phi) is 5.81. The fourth-order valence-corrected chi connectivity index (χ4v) is 3.11. The van der Waals surface area contributed by atoms with E-state index in [1.807, 2.05) is 66.9 Å². The number of rotatable bonds is 7. The Morgan fingerprint density at radius 3 is 2.50 bits per heavy atom. The summed E-state index contributed by atoms with van der Waals surface area (Å²) in [5.41, 5.74) is 2.67. The van der Waals surface area contributed by atoms with Gasteiger partial charge in [0, 0.05) is 18.1 Å². The van der Waals surface area contributed by atoms with Crippen molar-refractivity contribution in [2.75, 3.05) is 18.4 Å². The summed E-state index contributed by atoms with van der Waals surface area (Å²) >= 11 is 0. The zero-order valence-electron chi connectivity index (χ0n) is 15.2. The van der Waals surface area contributed by atoms with Crippen LogP contribution in [0.5, 0.6) is 0 Å². The van der Waals surface area contributed by atoms with Crippen LogP contribution in [-0.4, -0.2) is 33.7 Å². The molecule has 134 valence electrons. The topological polar surface area (TPSA) is 50.2 Å². The monoisotopic (exact) mass is 348 g/mol. The van der Waals surface area contributed by atoms with Crippen molar-refractivity contribution < 1.29 is 4.79 Å². The van der Waals surface area contributed by atoms with Crippen LogP contribution in [0.3, 0.4) is 0 Å². The Bertz CT molecular complexity index is 826. The molecule has 0 aliphatic heterocycles. The first kappa shape index (κ1) is 17.9. The third-order valence-corrected chi connectivity index (χ3v) is 4.42. The molecule has 5 nitrogen and oxygen atoms in total. The molecule has 3 aromatic rings. The number of carbonyl (C=O) groups excluding carboxylic acids is 1. The Morgan fingerprint density at radius 1 is 1.08 bits per heavy atom. The van der Waals surface area contributed by atoms with Gasteiger partial charge in [0.1, 0.15) is 6.04 Å². The summed E-state index contributed by atoms with van der Waals surface area (Å²) in [6, 6.07) is 19.2. The lowest BCUT2D eigenvalue weighted by molar-refractivity contribution is -0.121. The summed E-state index contributed by atoms with van der Waals surface area (Å²) in [4.78, 5) is 15.2. The normalized spacial score (nSPS) is 12.1. The third-order valence-electron chi connectivity index (χ3n) is 4.42. The number of aromatic nitrogens is 2. The van der Waals surface area contributed by atoms with E-state index in [-0.39, 0.29) is 11.9 Å². The predicted octanol–water partition coefficient (Wildman–Crippen LogP) is 3.89. The minimum Gasteiger partial charge on any atom is -0.324 e. The van der Waals surface area contributed by atoms with Gasteiger partial charge in [-0.3, -0.25) is 9.69 Å². The zero-order valence-corrected chi connectivity index (χ0v) is 15.2. The Morgan fingerprint density at radius 2 is 1.85 bits per heavy atom. The average Bonchev–Trinajstić information content (AvgIpc) is 3.21. The van der Waals surface area contributed by atoms with Crippen molar-refractivity contribution in [2.24, 2.45) is 0 Å². The second-order valence-electron chi connectivity index (χ2n) is 6.02. The van der Waals surface area contributed by atoms with Crippen LogP contribution < -0.4 is 5.32 Å². The minimum absolute atomic E-state index is 0.0301. The Balaban J connectivity index is 1.85. The number of nitrogens with one attached hydrogen (secondary N) is 1. The van der Waals surface area contributed by atoms with Gasteiger partial charge in [-0.25, -0.2) is 4.68 Å². The second-order valence-corrected chi connectivity index (χ2v) is 6.02. The van der Waals surface area contributed by atoms with Crippen LogP contribution in [0.1, 0.15) is 25.5 Å². The van der Waals surface area contributed by atoms with Gasteiger partial charge in [0.05, 0.1) is 5.69 Å². The highest BCUT2D eigenvalue weighted by atomic mass is 16.2. The maximum atomic E-state index is 13.1. The van der Waals surface area contributed by atoms with E-state index in [0.29, 0.717) is 0 Å². The number of nitrogens with zero attached hydrogens (tertiary/aromatic N) is 3. The van der Waals surface area contributed by atoms with Crippen LogP contribution in [0.4, 0.5) is 5.69 Å². The summed E-state index contributed by atoms with van der Waals surface area (Å²) in [7, 11) is 0. The summed E-state index contributed by atoms with van der Waals surface area (Å²) in [6.07, 6.45) is 3.61. The molecule has 1 unspecified atom stereocenters. The van der Waals surface area contributed by atoms with Gasteiger partial charge in [0.2, 0.25) is 5.91 Å². The average molecular weight is 348 g/mol. The SMILES string of the molecule is CCN(CC)C(C(=O)Nc1cccc(-n2cccn2)c1)c1ccccc1. The number of carbonyl (C=O) groups is 1. The largest absolute Gasteiger partial charge is 0.324 e. The number of likely N-dealkylation sites (N-methyl/N-ethyl adjacent to an activating group) is 1. The summed E-state index contributed by atoms with van der Waals surface area (Å²) in [5.74, 6) is -0.0301. The van der Waals surface area contributed by atoms with Crippen LogP contribution in [0.2, 0.25) is 0 Å². The number of benzene rings is 2. The maximum Gasteiger partial charge on any atom is 0.246 e. The summed E-state index contributed by atoms with van der Waals surface area (Å²) in [5, 5.41) is 7.31. The summed E-state index contributed by atoms with van der Waals surface area (Å²) < 4.78 is 1.77. The molecule has 0 radical (unpaired) electrons. The van der Waals surface area contributed by atoms with Crippen molar-refractivity contribution >= 4 is 11.6 Å². The van der Waals surface area contributed by atoms with Crippen molar-refractivity contribution in [3.05, 3.63) is 78.6 Å². The molecule has 1 amide bonds. The minimum atomic E-state index is -0.320. The molecule has 0 bridgehead atoms. The molecular formula is C21H24N4O. The fraction of sp³-hybridized carbons (Fsp3) is 0.238. The van der Waals surface area contributed by atoms with Crippen LogP contribution in [-0.2, 0) is 4.79 Å². The molecule has 26 heavy (non-hydrogen) atoms.